The van der Waals surface area contributed by atoms with Crippen molar-refractivity contribution in [1.29, 1.82) is 0 Å². The summed E-state index contributed by atoms with van der Waals surface area (Å²) in [6.07, 6.45) is 0.549. The lowest BCUT2D eigenvalue weighted by molar-refractivity contribution is -0.132. The molecule has 1 saturated heterocycles. The summed E-state index contributed by atoms with van der Waals surface area (Å²) in [6, 6.07) is 8.88. The van der Waals surface area contributed by atoms with Crippen LogP contribution in [0.15, 0.2) is 36.4 Å². The Hall–Kier alpha value is -2.21. The highest BCUT2D eigenvalue weighted by Gasteiger charge is 2.57. The maximum atomic E-state index is 13.6. The molecule has 3 nitrogen and oxygen atoms in total. The Balaban J connectivity index is 2.13. The minimum Gasteiger partial charge on any atom is -0.297 e. The van der Waals surface area contributed by atoms with Crippen molar-refractivity contribution in [3.63, 3.8) is 0 Å². The molecule has 0 radical (unpaired) electrons. The van der Waals surface area contributed by atoms with Crippen LogP contribution in [0.3, 0.4) is 0 Å². The van der Waals surface area contributed by atoms with Gasteiger partial charge in [0, 0.05) is 10.8 Å². The van der Waals surface area contributed by atoms with E-state index in [2.05, 4.69) is 0 Å². The standard InChI is InChI=1S/C23H24F2O3S/c1-6-13-11-14(15-8-10-17(24)18(25)12-15)7-9-16(13)19-20(26)22(2,3)29(28)23(4,5)21(19)27/h7-12,19H,6H2,1-5H3. The number of carbonyl (C=O) groups excluding carboxylic acids is 2. The summed E-state index contributed by atoms with van der Waals surface area (Å²) in [5, 5.41) is 0. The van der Waals surface area contributed by atoms with Gasteiger partial charge in [0.2, 0.25) is 0 Å². The van der Waals surface area contributed by atoms with Gasteiger partial charge in [0.15, 0.2) is 23.2 Å². The van der Waals surface area contributed by atoms with Gasteiger partial charge in [0.05, 0.1) is 0 Å². The SMILES string of the molecule is CCc1cc(-c2ccc(F)c(F)c2)ccc1C1C(=O)C(C)(C)S(=O)C(C)(C)C1=O. The van der Waals surface area contributed by atoms with Crippen molar-refractivity contribution in [3.05, 3.63) is 59.2 Å². The average Bonchev–Trinajstić information content (AvgIpc) is 2.68. The summed E-state index contributed by atoms with van der Waals surface area (Å²) < 4.78 is 37.4. The first-order valence-corrected chi connectivity index (χ1v) is 10.7. The van der Waals surface area contributed by atoms with Gasteiger partial charge in [0.1, 0.15) is 15.4 Å². The van der Waals surface area contributed by atoms with Crippen LogP contribution in [0.4, 0.5) is 8.78 Å². The minimum atomic E-state index is -1.64. The Kier molecular flexibility index (Phi) is 5.37. The van der Waals surface area contributed by atoms with Crippen molar-refractivity contribution in [3.8, 4) is 11.1 Å². The summed E-state index contributed by atoms with van der Waals surface area (Å²) >= 11 is 0. The number of hydrogen-bond donors (Lipinski definition) is 0. The molecule has 0 atom stereocenters. The highest BCUT2D eigenvalue weighted by atomic mass is 32.2. The number of hydrogen-bond acceptors (Lipinski definition) is 3. The zero-order chi connectivity index (χ0) is 21.7. The van der Waals surface area contributed by atoms with Crippen molar-refractivity contribution in [2.45, 2.75) is 56.5 Å². The summed E-state index contributed by atoms with van der Waals surface area (Å²) in [7, 11) is -1.64. The van der Waals surface area contributed by atoms with E-state index in [-0.39, 0.29) is 11.6 Å². The minimum absolute atomic E-state index is 0.351. The topological polar surface area (TPSA) is 51.2 Å². The van der Waals surface area contributed by atoms with Crippen molar-refractivity contribution >= 4 is 22.4 Å². The molecule has 0 N–H and O–H groups in total. The van der Waals surface area contributed by atoms with E-state index in [1.54, 1.807) is 45.9 Å². The Bertz CT molecular complexity index is 1010. The first-order valence-electron chi connectivity index (χ1n) is 9.51. The Labute approximate surface area is 172 Å². The summed E-state index contributed by atoms with van der Waals surface area (Å²) in [6.45, 7) is 8.38. The number of aryl methyl sites for hydroxylation is 1. The fourth-order valence-corrected chi connectivity index (χ4v) is 5.84. The molecule has 3 rings (SSSR count). The van der Waals surface area contributed by atoms with Crippen molar-refractivity contribution in [2.24, 2.45) is 0 Å². The van der Waals surface area contributed by atoms with Crippen LogP contribution in [0.1, 0.15) is 51.7 Å². The smallest absolute Gasteiger partial charge is 0.165 e. The third-order valence-corrected chi connectivity index (χ3v) is 7.98. The van der Waals surface area contributed by atoms with Gasteiger partial charge in [-0.3, -0.25) is 13.8 Å². The maximum absolute atomic E-state index is 13.6. The molecule has 29 heavy (non-hydrogen) atoms. The number of ketones is 2. The largest absolute Gasteiger partial charge is 0.297 e. The highest BCUT2D eigenvalue weighted by Crippen LogP contribution is 2.42. The zero-order valence-corrected chi connectivity index (χ0v) is 18.0. The fourth-order valence-electron chi connectivity index (χ4n) is 3.97. The van der Waals surface area contributed by atoms with Crippen LogP contribution < -0.4 is 0 Å². The highest BCUT2D eigenvalue weighted by molar-refractivity contribution is 7.89. The lowest BCUT2D eigenvalue weighted by Crippen LogP contribution is -2.59. The molecule has 6 heteroatoms. The Morgan fingerprint density at radius 2 is 1.38 bits per heavy atom. The molecule has 154 valence electrons. The summed E-state index contributed by atoms with van der Waals surface area (Å²) in [4.78, 5) is 26.3. The molecule has 1 fully saturated rings. The van der Waals surface area contributed by atoms with Gasteiger partial charge < -0.3 is 0 Å². The second-order valence-corrected chi connectivity index (χ2v) is 10.9. The molecular weight excluding hydrogens is 394 g/mol. The van der Waals surface area contributed by atoms with E-state index in [0.717, 1.165) is 17.7 Å². The summed E-state index contributed by atoms with van der Waals surface area (Å²) in [5.74, 6) is -3.55. The van der Waals surface area contributed by atoms with Crippen LogP contribution in [0.5, 0.6) is 0 Å². The number of carbonyl (C=O) groups is 2. The van der Waals surface area contributed by atoms with Crippen LogP contribution in [0.2, 0.25) is 0 Å². The van der Waals surface area contributed by atoms with Crippen molar-refractivity contribution in [1.82, 2.24) is 0 Å². The number of Topliss-reactive ketones (excluding diaryl/α,β-unsaturated/α-hetero) is 2. The fraction of sp³-hybridized carbons (Fsp3) is 0.391. The maximum Gasteiger partial charge on any atom is 0.165 e. The number of halogens is 2. The second kappa shape index (κ2) is 7.24. The Morgan fingerprint density at radius 1 is 0.862 bits per heavy atom. The molecule has 1 aliphatic rings. The lowest BCUT2D eigenvalue weighted by atomic mass is 9.78. The molecule has 0 saturated carbocycles. The molecule has 1 aliphatic heterocycles. The second-order valence-electron chi connectivity index (χ2n) is 8.35. The van der Waals surface area contributed by atoms with Crippen molar-refractivity contribution < 1.29 is 22.6 Å². The first kappa shape index (κ1) is 21.5. The van der Waals surface area contributed by atoms with Gasteiger partial charge >= 0.3 is 0 Å². The van der Waals surface area contributed by atoms with Crippen LogP contribution in [-0.4, -0.2) is 25.3 Å². The van der Waals surface area contributed by atoms with Gasteiger partial charge in [0.25, 0.3) is 0 Å². The van der Waals surface area contributed by atoms with Gasteiger partial charge in [-0.1, -0.05) is 31.2 Å². The summed E-state index contributed by atoms with van der Waals surface area (Å²) in [5.41, 5.74) is 2.54. The third-order valence-electron chi connectivity index (χ3n) is 5.73. The van der Waals surface area contributed by atoms with E-state index in [4.69, 9.17) is 0 Å². The molecule has 0 bridgehead atoms. The van der Waals surface area contributed by atoms with E-state index in [0.29, 0.717) is 23.1 Å². The quantitative estimate of drug-likeness (QED) is 0.677. The first-order chi connectivity index (χ1) is 13.4. The molecule has 0 spiro atoms. The molecule has 0 aromatic heterocycles. The molecule has 2 aromatic rings. The van der Waals surface area contributed by atoms with Gasteiger partial charge in [-0.05, 0) is 68.5 Å². The molecule has 1 heterocycles. The van der Waals surface area contributed by atoms with Gasteiger partial charge in [-0.2, -0.15) is 0 Å². The van der Waals surface area contributed by atoms with E-state index < -0.39 is 37.8 Å². The monoisotopic (exact) mass is 418 g/mol. The predicted octanol–water partition coefficient (Wildman–Crippen LogP) is 4.74. The lowest BCUT2D eigenvalue weighted by Gasteiger charge is -2.41. The third kappa shape index (κ3) is 3.37. The van der Waals surface area contributed by atoms with E-state index in [9.17, 15) is 22.6 Å². The Morgan fingerprint density at radius 3 is 1.90 bits per heavy atom. The number of benzene rings is 2. The van der Waals surface area contributed by atoms with Crippen LogP contribution in [-0.2, 0) is 26.8 Å². The van der Waals surface area contributed by atoms with Gasteiger partial charge in [-0.15, -0.1) is 0 Å². The zero-order valence-electron chi connectivity index (χ0n) is 17.1. The van der Waals surface area contributed by atoms with Gasteiger partial charge in [-0.25, -0.2) is 8.78 Å². The van der Waals surface area contributed by atoms with E-state index in [1.807, 2.05) is 6.92 Å². The predicted molar refractivity (Wildman–Crippen MR) is 110 cm³/mol. The molecule has 0 amide bonds. The normalized spacial score (nSPS) is 23.3. The van der Waals surface area contributed by atoms with Crippen molar-refractivity contribution in [2.75, 3.05) is 0 Å². The molecule has 0 unspecified atom stereocenters. The van der Waals surface area contributed by atoms with E-state index in [1.165, 1.54) is 6.07 Å². The molecular formula is C23H24F2O3S. The van der Waals surface area contributed by atoms with Crippen LogP contribution in [0.25, 0.3) is 11.1 Å². The molecule has 2 aromatic carbocycles. The average molecular weight is 419 g/mol. The van der Waals surface area contributed by atoms with Crippen LogP contribution >= 0.6 is 0 Å². The number of rotatable bonds is 3. The van der Waals surface area contributed by atoms with E-state index >= 15 is 0 Å². The van der Waals surface area contributed by atoms with Crippen LogP contribution in [0, 0.1) is 11.6 Å². The molecule has 0 aliphatic carbocycles.